The molecule has 176 valence electrons. The summed E-state index contributed by atoms with van der Waals surface area (Å²) < 4.78 is 27.5. The van der Waals surface area contributed by atoms with Gasteiger partial charge in [0.1, 0.15) is 0 Å². The van der Waals surface area contributed by atoms with E-state index in [0.29, 0.717) is 43.3 Å². The number of nitrogens with zero attached hydrogens (tertiary/aromatic N) is 1. The fourth-order valence-corrected chi connectivity index (χ4v) is 5.95. The minimum Gasteiger partial charge on any atom is -0.358 e. The lowest BCUT2D eigenvalue weighted by atomic mass is 9.97. The molecule has 7 heteroatoms. The van der Waals surface area contributed by atoms with Gasteiger partial charge in [0, 0.05) is 42.1 Å². The van der Waals surface area contributed by atoms with Crippen LogP contribution >= 0.6 is 0 Å². The van der Waals surface area contributed by atoms with Crippen molar-refractivity contribution in [3.63, 3.8) is 0 Å². The molecule has 0 atom stereocenters. The number of aryl methyl sites for hydroxylation is 2. The van der Waals surface area contributed by atoms with Crippen molar-refractivity contribution in [1.82, 2.24) is 14.6 Å². The molecule has 0 saturated carbocycles. The lowest BCUT2D eigenvalue weighted by Crippen LogP contribution is -2.42. The number of carbonyl (C=O) groups excluding carboxylic acids is 1. The van der Waals surface area contributed by atoms with E-state index >= 15 is 0 Å². The highest BCUT2D eigenvalue weighted by Crippen LogP contribution is 2.26. The molecule has 1 aliphatic rings. The SMILES string of the molecule is Cc1[nH]c2ccc(CNC(=O)C3CCN(S(=O)(=O)c4ccc(C(C)C)cc4)CC3)cc2c1C. The van der Waals surface area contributed by atoms with Crippen LogP contribution in [0.4, 0.5) is 0 Å². The van der Waals surface area contributed by atoms with Gasteiger partial charge in [-0.1, -0.05) is 32.0 Å². The molecule has 0 bridgehead atoms. The van der Waals surface area contributed by atoms with Crippen molar-refractivity contribution in [2.45, 2.75) is 57.9 Å². The second kappa shape index (κ2) is 9.31. The zero-order valence-corrected chi connectivity index (χ0v) is 20.6. The Kier molecular flexibility index (Phi) is 6.64. The van der Waals surface area contributed by atoms with Gasteiger partial charge in [-0.2, -0.15) is 4.31 Å². The predicted octanol–water partition coefficient (Wildman–Crippen LogP) is 4.63. The molecule has 1 aliphatic heterocycles. The Morgan fingerprint density at radius 1 is 1.09 bits per heavy atom. The largest absolute Gasteiger partial charge is 0.358 e. The number of aromatic amines is 1. The van der Waals surface area contributed by atoms with Crippen LogP contribution in [0.1, 0.15) is 55.0 Å². The minimum absolute atomic E-state index is 0.00426. The molecule has 33 heavy (non-hydrogen) atoms. The van der Waals surface area contributed by atoms with Crippen LogP contribution in [0.2, 0.25) is 0 Å². The highest BCUT2D eigenvalue weighted by atomic mass is 32.2. The van der Waals surface area contributed by atoms with Crippen LogP contribution in [0, 0.1) is 19.8 Å². The van der Waals surface area contributed by atoms with Crippen LogP contribution in [-0.2, 0) is 21.4 Å². The van der Waals surface area contributed by atoms with Crippen molar-refractivity contribution in [3.8, 4) is 0 Å². The average molecular weight is 468 g/mol. The van der Waals surface area contributed by atoms with E-state index in [1.165, 1.54) is 15.3 Å². The van der Waals surface area contributed by atoms with E-state index in [0.717, 1.165) is 22.3 Å². The second-order valence-electron chi connectivity index (χ2n) is 9.37. The Labute approximate surface area is 196 Å². The fraction of sp³-hybridized carbons (Fsp3) is 0.423. The maximum absolute atomic E-state index is 13.0. The molecule has 0 unspecified atom stereocenters. The molecule has 1 saturated heterocycles. The van der Waals surface area contributed by atoms with Crippen molar-refractivity contribution in [2.75, 3.05) is 13.1 Å². The van der Waals surface area contributed by atoms with Gasteiger partial charge in [0.15, 0.2) is 0 Å². The minimum atomic E-state index is -3.53. The summed E-state index contributed by atoms with van der Waals surface area (Å²) in [5, 5.41) is 4.22. The number of piperidine rings is 1. The number of hydrogen-bond acceptors (Lipinski definition) is 3. The zero-order valence-electron chi connectivity index (χ0n) is 19.8. The standard InChI is InChI=1S/C26H33N3O3S/c1-17(2)21-6-8-23(9-7-21)33(31,32)29-13-11-22(12-14-29)26(30)27-16-20-5-10-25-24(15-20)18(3)19(4)28-25/h5-10,15,17,22,28H,11-14,16H2,1-4H3,(H,27,30). The Morgan fingerprint density at radius 3 is 2.39 bits per heavy atom. The number of benzene rings is 2. The normalized spacial score (nSPS) is 15.9. The van der Waals surface area contributed by atoms with Crippen molar-refractivity contribution in [1.29, 1.82) is 0 Å². The van der Waals surface area contributed by atoms with Crippen molar-refractivity contribution >= 4 is 26.8 Å². The highest BCUT2D eigenvalue weighted by Gasteiger charge is 2.32. The number of fused-ring (bicyclic) bond motifs is 1. The third kappa shape index (κ3) is 4.84. The van der Waals surface area contributed by atoms with Crippen LogP contribution in [0.5, 0.6) is 0 Å². The predicted molar refractivity (Wildman–Crippen MR) is 132 cm³/mol. The van der Waals surface area contributed by atoms with Gasteiger partial charge in [-0.25, -0.2) is 8.42 Å². The van der Waals surface area contributed by atoms with Crippen LogP contribution in [0.15, 0.2) is 47.4 Å². The maximum atomic E-state index is 13.0. The first-order valence-corrected chi connectivity index (χ1v) is 13.1. The molecule has 0 spiro atoms. The van der Waals surface area contributed by atoms with E-state index in [-0.39, 0.29) is 11.8 Å². The van der Waals surface area contributed by atoms with Crippen LogP contribution in [-0.4, -0.2) is 36.7 Å². The van der Waals surface area contributed by atoms with Crippen molar-refractivity contribution < 1.29 is 13.2 Å². The molecule has 4 rings (SSSR count). The average Bonchev–Trinajstić information content (AvgIpc) is 3.10. The van der Waals surface area contributed by atoms with E-state index in [1.54, 1.807) is 12.1 Å². The van der Waals surface area contributed by atoms with E-state index in [9.17, 15) is 13.2 Å². The van der Waals surface area contributed by atoms with Gasteiger partial charge in [0.05, 0.1) is 4.90 Å². The lowest BCUT2D eigenvalue weighted by Gasteiger charge is -2.30. The Bertz CT molecular complexity index is 1250. The number of rotatable bonds is 6. The molecule has 0 radical (unpaired) electrons. The van der Waals surface area contributed by atoms with E-state index in [1.807, 2.05) is 24.3 Å². The number of aromatic nitrogens is 1. The summed E-state index contributed by atoms with van der Waals surface area (Å²) in [6.07, 6.45) is 1.06. The number of hydrogen-bond donors (Lipinski definition) is 2. The van der Waals surface area contributed by atoms with Gasteiger partial charge in [-0.05, 0) is 73.6 Å². The number of amides is 1. The highest BCUT2D eigenvalue weighted by molar-refractivity contribution is 7.89. The molecular weight excluding hydrogens is 434 g/mol. The monoisotopic (exact) mass is 467 g/mol. The van der Waals surface area contributed by atoms with E-state index in [4.69, 9.17) is 0 Å². The van der Waals surface area contributed by atoms with Gasteiger partial charge in [0.25, 0.3) is 0 Å². The topological polar surface area (TPSA) is 82.3 Å². The van der Waals surface area contributed by atoms with Crippen LogP contribution in [0.3, 0.4) is 0 Å². The van der Waals surface area contributed by atoms with Crippen LogP contribution in [0.25, 0.3) is 10.9 Å². The first-order valence-electron chi connectivity index (χ1n) is 11.6. The van der Waals surface area contributed by atoms with Crippen molar-refractivity contribution in [2.24, 2.45) is 5.92 Å². The first-order chi connectivity index (χ1) is 15.7. The summed E-state index contributed by atoms with van der Waals surface area (Å²) in [6.45, 7) is 9.51. The Morgan fingerprint density at radius 2 is 1.76 bits per heavy atom. The molecule has 2 aromatic carbocycles. The van der Waals surface area contributed by atoms with Crippen molar-refractivity contribution in [3.05, 3.63) is 64.8 Å². The molecule has 1 fully saturated rings. The summed E-state index contributed by atoms with van der Waals surface area (Å²) in [5.74, 6) is 0.184. The smallest absolute Gasteiger partial charge is 0.243 e. The third-order valence-corrected chi connectivity index (χ3v) is 8.76. The van der Waals surface area contributed by atoms with Gasteiger partial charge in [0.2, 0.25) is 15.9 Å². The number of sulfonamides is 1. The summed E-state index contributed by atoms with van der Waals surface area (Å²) >= 11 is 0. The quantitative estimate of drug-likeness (QED) is 0.555. The van der Waals surface area contributed by atoms with E-state index < -0.39 is 10.0 Å². The summed E-state index contributed by atoms with van der Waals surface area (Å²) in [5.41, 5.74) is 5.66. The van der Waals surface area contributed by atoms with Crippen LogP contribution < -0.4 is 5.32 Å². The molecule has 0 aliphatic carbocycles. The second-order valence-corrected chi connectivity index (χ2v) is 11.3. The molecule has 2 N–H and O–H groups in total. The first kappa shape index (κ1) is 23.5. The Balaban J connectivity index is 1.33. The maximum Gasteiger partial charge on any atom is 0.243 e. The lowest BCUT2D eigenvalue weighted by molar-refractivity contribution is -0.126. The van der Waals surface area contributed by atoms with Gasteiger partial charge >= 0.3 is 0 Å². The summed E-state index contributed by atoms with van der Waals surface area (Å²) in [4.78, 5) is 16.4. The zero-order chi connectivity index (χ0) is 23.8. The molecule has 2 heterocycles. The summed E-state index contributed by atoms with van der Waals surface area (Å²) in [7, 11) is -3.53. The molecule has 1 aromatic heterocycles. The summed E-state index contributed by atoms with van der Waals surface area (Å²) in [6, 6.07) is 13.3. The molecule has 6 nitrogen and oxygen atoms in total. The van der Waals surface area contributed by atoms with Gasteiger partial charge < -0.3 is 10.3 Å². The van der Waals surface area contributed by atoms with Gasteiger partial charge in [-0.3, -0.25) is 4.79 Å². The van der Waals surface area contributed by atoms with Gasteiger partial charge in [-0.15, -0.1) is 0 Å². The number of carbonyl (C=O) groups is 1. The molecule has 1 amide bonds. The number of H-pyrrole nitrogens is 1. The fourth-order valence-electron chi connectivity index (χ4n) is 4.48. The molecule has 3 aromatic rings. The molecular formula is C26H33N3O3S. The van der Waals surface area contributed by atoms with E-state index in [2.05, 4.69) is 44.1 Å². The Hall–Kier alpha value is -2.64. The number of nitrogens with one attached hydrogen (secondary N) is 2. The third-order valence-electron chi connectivity index (χ3n) is 6.85.